The van der Waals surface area contributed by atoms with Gasteiger partial charge in [-0.1, -0.05) is 0 Å². The van der Waals surface area contributed by atoms with E-state index < -0.39 is 0 Å². The SMILES string of the molecule is CN(C)CCCNc1cc(-c2cnc(N)nc2)nc(N2CCOCC2)n1. The molecule has 0 atom stereocenters. The third-order valence-electron chi connectivity index (χ3n) is 4.06. The number of nitrogen functional groups attached to an aromatic ring is 1. The maximum absolute atomic E-state index is 5.59. The number of nitrogens with one attached hydrogen (secondary N) is 1. The molecule has 0 amide bonds. The van der Waals surface area contributed by atoms with Gasteiger partial charge in [-0.15, -0.1) is 0 Å². The molecule has 0 unspecified atom stereocenters. The van der Waals surface area contributed by atoms with Crippen LogP contribution in [-0.2, 0) is 4.74 Å². The first-order valence-electron chi connectivity index (χ1n) is 8.80. The van der Waals surface area contributed by atoms with Gasteiger partial charge in [-0.25, -0.2) is 15.0 Å². The molecule has 140 valence electrons. The number of ether oxygens (including phenoxy) is 1. The molecule has 0 aromatic carbocycles. The van der Waals surface area contributed by atoms with Crippen LogP contribution < -0.4 is 16.0 Å². The van der Waals surface area contributed by atoms with Gasteiger partial charge in [0.2, 0.25) is 11.9 Å². The third-order valence-corrected chi connectivity index (χ3v) is 4.06. The van der Waals surface area contributed by atoms with Crippen LogP contribution in [0.3, 0.4) is 0 Å². The van der Waals surface area contributed by atoms with E-state index in [2.05, 4.69) is 44.2 Å². The predicted octanol–water partition coefficient (Wildman–Crippen LogP) is 0.716. The molecule has 1 aliphatic rings. The Morgan fingerprint density at radius 3 is 2.62 bits per heavy atom. The number of hydrogen-bond acceptors (Lipinski definition) is 9. The van der Waals surface area contributed by atoms with Crippen molar-refractivity contribution < 1.29 is 4.74 Å². The van der Waals surface area contributed by atoms with Crippen molar-refractivity contribution in [2.24, 2.45) is 0 Å². The van der Waals surface area contributed by atoms with Crippen LogP contribution in [0.15, 0.2) is 18.5 Å². The van der Waals surface area contributed by atoms with Crippen molar-refractivity contribution in [3.8, 4) is 11.3 Å². The largest absolute Gasteiger partial charge is 0.378 e. The van der Waals surface area contributed by atoms with Gasteiger partial charge in [0.05, 0.1) is 18.9 Å². The molecular weight excluding hydrogens is 332 g/mol. The van der Waals surface area contributed by atoms with Crippen molar-refractivity contribution >= 4 is 17.7 Å². The van der Waals surface area contributed by atoms with E-state index in [1.807, 2.05) is 6.07 Å². The van der Waals surface area contributed by atoms with Gasteiger partial charge in [-0.05, 0) is 27.1 Å². The molecule has 0 saturated carbocycles. The van der Waals surface area contributed by atoms with Crippen LogP contribution in [0.2, 0.25) is 0 Å². The molecule has 26 heavy (non-hydrogen) atoms. The molecule has 3 heterocycles. The molecule has 3 rings (SSSR count). The normalized spacial score (nSPS) is 14.7. The van der Waals surface area contributed by atoms with Crippen LogP contribution in [0, 0.1) is 0 Å². The van der Waals surface area contributed by atoms with Gasteiger partial charge in [-0.3, -0.25) is 0 Å². The van der Waals surface area contributed by atoms with Crippen LogP contribution in [0.25, 0.3) is 11.3 Å². The van der Waals surface area contributed by atoms with Gasteiger partial charge in [0.1, 0.15) is 5.82 Å². The van der Waals surface area contributed by atoms with Crippen LogP contribution in [0.4, 0.5) is 17.7 Å². The van der Waals surface area contributed by atoms with E-state index in [0.717, 1.165) is 49.7 Å². The summed E-state index contributed by atoms with van der Waals surface area (Å²) in [5.74, 6) is 1.74. The Bertz CT molecular complexity index is 700. The molecule has 1 fully saturated rings. The summed E-state index contributed by atoms with van der Waals surface area (Å²) in [6.45, 7) is 4.79. The minimum atomic E-state index is 0.248. The Kier molecular flexibility index (Phi) is 6.13. The molecule has 2 aromatic heterocycles. The molecule has 0 aliphatic carbocycles. The highest BCUT2D eigenvalue weighted by atomic mass is 16.5. The van der Waals surface area contributed by atoms with E-state index in [9.17, 15) is 0 Å². The summed E-state index contributed by atoms with van der Waals surface area (Å²) >= 11 is 0. The van der Waals surface area contributed by atoms with Gasteiger partial charge in [-0.2, -0.15) is 4.98 Å². The maximum atomic E-state index is 5.59. The summed E-state index contributed by atoms with van der Waals surface area (Å²) in [5.41, 5.74) is 7.18. The molecule has 3 N–H and O–H groups in total. The van der Waals surface area contributed by atoms with Crippen molar-refractivity contribution in [1.29, 1.82) is 0 Å². The van der Waals surface area contributed by atoms with E-state index in [4.69, 9.17) is 15.5 Å². The van der Waals surface area contributed by atoms with Crippen LogP contribution in [0.5, 0.6) is 0 Å². The average molecular weight is 358 g/mol. The predicted molar refractivity (Wildman–Crippen MR) is 102 cm³/mol. The lowest BCUT2D eigenvalue weighted by Crippen LogP contribution is -2.37. The molecule has 9 heteroatoms. The summed E-state index contributed by atoms with van der Waals surface area (Å²) in [7, 11) is 4.14. The van der Waals surface area contributed by atoms with E-state index >= 15 is 0 Å². The fourth-order valence-electron chi connectivity index (χ4n) is 2.66. The average Bonchev–Trinajstić information content (AvgIpc) is 2.66. The van der Waals surface area contributed by atoms with E-state index in [0.29, 0.717) is 19.2 Å². The quantitative estimate of drug-likeness (QED) is 0.692. The van der Waals surface area contributed by atoms with E-state index in [-0.39, 0.29) is 5.95 Å². The first-order chi connectivity index (χ1) is 12.6. The van der Waals surface area contributed by atoms with Gasteiger partial charge < -0.3 is 25.6 Å². The highest BCUT2D eigenvalue weighted by Gasteiger charge is 2.16. The second-order valence-corrected chi connectivity index (χ2v) is 6.45. The number of anilines is 3. The smallest absolute Gasteiger partial charge is 0.228 e. The number of nitrogens with two attached hydrogens (primary N) is 1. The minimum Gasteiger partial charge on any atom is -0.378 e. The summed E-state index contributed by atoms with van der Waals surface area (Å²) < 4.78 is 5.43. The van der Waals surface area contributed by atoms with Gasteiger partial charge in [0, 0.05) is 43.7 Å². The second kappa shape index (κ2) is 8.72. The summed E-state index contributed by atoms with van der Waals surface area (Å²) in [6.07, 6.45) is 4.40. The summed E-state index contributed by atoms with van der Waals surface area (Å²) in [4.78, 5) is 21.8. The van der Waals surface area contributed by atoms with Crippen LogP contribution in [-0.4, -0.2) is 78.3 Å². The Morgan fingerprint density at radius 2 is 1.92 bits per heavy atom. The fraction of sp³-hybridized carbons (Fsp3) is 0.529. The second-order valence-electron chi connectivity index (χ2n) is 6.45. The van der Waals surface area contributed by atoms with Crippen LogP contribution in [0.1, 0.15) is 6.42 Å². The van der Waals surface area contributed by atoms with E-state index in [1.54, 1.807) is 12.4 Å². The number of hydrogen-bond donors (Lipinski definition) is 2. The van der Waals surface area contributed by atoms with Crippen molar-refractivity contribution in [3.63, 3.8) is 0 Å². The number of nitrogens with zero attached hydrogens (tertiary/aromatic N) is 6. The van der Waals surface area contributed by atoms with Crippen molar-refractivity contribution in [1.82, 2.24) is 24.8 Å². The van der Waals surface area contributed by atoms with Crippen molar-refractivity contribution in [3.05, 3.63) is 18.5 Å². The summed E-state index contributed by atoms with van der Waals surface area (Å²) in [5, 5.41) is 3.40. The summed E-state index contributed by atoms with van der Waals surface area (Å²) in [6, 6.07) is 1.93. The van der Waals surface area contributed by atoms with E-state index in [1.165, 1.54) is 0 Å². The first-order valence-corrected chi connectivity index (χ1v) is 8.80. The van der Waals surface area contributed by atoms with Crippen molar-refractivity contribution in [2.75, 3.05) is 69.4 Å². The lowest BCUT2D eigenvalue weighted by molar-refractivity contribution is 0.122. The zero-order valence-corrected chi connectivity index (χ0v) is 15.4. The number of morpholine rings is 1. The molecule has 1 saturated heterocycles. The monoisotopic (exact) mass is 358 g/mol. The topological polar surface area (TPSA) is 105 Å². The lowest BCUT2D eigenvalue weighted by Gasteiger charge is -2.27. The lowest BCUT2D eigenvalue weighted by atomic mass is 10.2. The number of aromatic nitrogens is 4. The molecule has 0 bridgehead atoms. The Labute approximate surface area is 153 Å². The molecule has 0 spiro atoms. The van der Waals surface area contributed by atoms with Crippen molar-refractivity contribution in [2.45, 2.75) is 6.42 Å². The van der Waals surface area contributed by atoms with Gasteiger partial charge in [0.15, 0.2) is 0 Å². The molecule has 0 radical (unpaired) electrons. The Morgan fingerprint density at radius 1 is 1.19 bits per heavy atom. The van der Waals surface area contributed by atoms with Gasteiger partial charge >= 0.3 is 0 Å². The maximum Gasteiger partial charge on any atom is 0.228 e. The number of rotatable bonds is 7. The standard InChI is InChI=1S/C17H26N8O/c1-24(2)5-3-4-19-15-10-14(13-11-20-16(18)21-12-13)22-17(23-15)25-6-8-26-9-7-25/h10-12H,3-9H2,1-2H3,(H2,18,20,21)(H,19,22,23). The fourth-order valence-corrected chi connectivity index (χ4v) is 2.66. The Balaban J connectivity index is 1.82. The van der Waals surface area contributed by atoms with Crippen LogP contribution >= 0.6 is 0 Å². The molecule has 2 aromatic rings. The zero-order chi connectivity index (χ0) is 18.4. The highest BCUT2D eigenvalue weighted by molar-refractivity contribution is 5.63. The third kappa shape index (κ3) is 4.99. The Hall–Kier alpha value is -2.52. The minimum absolute atomic E-state index is 0.248. The molecule has 9 nitrogen and oxygen atoms in total. The highest BCUT2D eigenvalue weighted by Crippen LogP contribution is 2.23. The molecule has 1 aliphatic heterocycles. The first kappa shape index (κ1) is 18.3. The molecular formula is C17H26N8O. The van der Waals surface area contributed by atoms with Gasteiger partial charge in [0.25, 0.3) is 0 Å². The zero-order valence-electron chi connectivity index (χ0n) is 15.4.